The monoisotopic (exact) mass is 206 g/mol. The van der Waals surface area contributed by atoms with Gasteiger partial charge in [-0.25, -0.2) is 0 Å². The summed E-state index contributed by atoms with van der Waals surface area (Å²) in [5.74, 6) is 0. The van der Waals surface area contributed by atoms with E-state index in [1.165, 1.54) is 0 Å². The van der Waals surface area contributed by atoms with Gasteiger partial charge in [0, 0.05) is 6.61 Å². The Balaban J connectivity index is 3.49. The lowest BCUT2D eigenvalue weighted by atomic mass is 10.4. The van der Waals surface area contributed by atoms with E-state index in [4.69, 9.17) is 19.3 Å². The molecule has 0 aliphatic heterocycles. The zero-order chi connectivity index (χ0) is 11.0. The first-order chi connectivity index (χ1) is 6.60. The van der Waals surface area contributed by atoms with Crippen LogP contribution < -0.4 is 0 Å². The molecule has 3 unspecified atom stereocenters. The van der Waals surface area contributed by atoms with Gasteiger partial charge in [-0.3, -0.25) is 0 Å². The van der Waals surface area contributed by atoms with E-state index in [1.54, 1.807) is 0 Å². The number of hydrogen-bond acceptors (Lipinski definition) is 4. The first-order valence-electron chi connectivity index (χ1n) is 5.09. The van der Waals surface area contributed by atoms with Crippen LogP contribution in [0, 0.1) is 0 Å². The van der Waals surface area contributed by atoms with Crippen LogP contribution in [0.15, 0.2) is 0 Å². The van der Waals surface area contributed by atoms with Gasteiger partial charge in [-0.15, -0.1) is 0 Å². The molecule has 0 rings (SSSR count). The second-order valence-corrected chi connectivity index (χ2v) is 3.30. The molecule has 0 bridgehead atoms. The smallest absolute Gasteiger partial charge is 0.155 e. The van der Waals surface area contributed by atoms with Crippen molar-refractivity contribution in [3.8, 4) is 0 Å². The van der Waals surface area contributed by atoms with E-state index < -0.39 is 0 Å². The van der Waals surface area contributed by atoms with Gasteiger partial charge in [0.05, 0.1) is 25.4 Å². The van der Waals surface area contributed by atoms with Crippen LogP contribution in [0.2, 0.25) is 0 Å². The summed E-state index contributed by atoms with van der Waals surface area (Å²) in [6.45, 7) is 8.66. The van der Waals surface area contributed by atoms with Crippen LogP contribution >= 0.6 is 0 Å². The molecule has 0 aliphatic carbocycles. The van der Waals surface area contributed by atoms with E-state index in [1.807, 2.05) is 27.7 Å². The van der Waals surface area contributed by atoms with Crippen molar-refractivity contribution in [1.82, 2.24) is 0 Å². The Labute approximate surface area is 86.2 Å². The Morgan fingerprint density at radius 1 is 1.07 bits per heavy atom. The van der Waals surface area contributed by atoms with Crippen molar-refractivity contribution in [2.45, 2.75) is 46.2 Å². The van der Waals surface area contributed by atoms with E-state index in [9.17, 15) is 0 Å². The minimum atomic E-state index is -0.206. The Morgan fingerprint density at radius 3 is 2.21 bits per heavy atom. The van der Waals surface area contributed by atoms with Crippen LogP contribution in [-0.2, 0) is 14.2 Å². The average Bonchev–Trinajstić information content (AvgIpc) is 2.14. The van der Waals surface area contributed by atoms with Gasteiger partial charge in [0.15, 0.2) is 6.29 Å². The summed E-state index contributed by atoms with van der Waals surface area (Å²) in [5.41, 5.74) is 0. The van der Waals surface area contributed by atoms with Gasteiger partial charge in [-0.2, -0.15) is 0 Å². The van der Waals surface area contributed by atoms with Crippen LogP contribution in [0.4, 0.5) is 0 Å². The van der Waals surface area contributed by atoms with Gasteiger partial charge < -0.3 is 19.3 Å². The third-order valence-electron chi connectivity index (χ3n) is 1.70. The number of hydrogen-bond donors (Lipinski definition) is 1. The first kappa shape index (κ1) is 13.8. The summed E-state index contributed by atoms with van der Waals surface area (Å²) in [5, 5.41) is 8.72. The van der Waals surface area contributed by atoms with Gasteiger partial charge in [0.25, 0.3) is 0 Å². The van der Waals surface area contributed by atoms with E-state index >= 15 is 0 Å². The molecule has 0 spiro atoms. The van der Waals surface area contributed by atoms with Crippen LogP contribution in [-0.4, -0.2) is 43.4 Å². The zero-order valence-corrected chi connectivity index (χ0v) is 9.53. The first-order valence-corrected chi connectivity index (χ1v) is 5.09. The minimum Gasteiger partial charge on any atom is -0.394 e. The highest BCUT2D eigenvalue weighted by molar-refractivity contribution is 4.51. The molecule has 4 heteroatoms. The number of ether oxygens (including phenoxy) is 3. The molecular formula is C10H22O4. The van der Waals surface area contributed by atoms with Crippen LogP contribution in [0.5, 0.6) is 0 Å². The molecule has 0 aromatic rings. The second-order valence-electron chi connectivity index (χ2n) is 3.30. The molecule has 0 heterocycles. The molecule has 0 saturated carbocycles. The second kappa shape index (κ2) is 8.17. The number of rotatable bonds is 8. The summed E-state index contributed by atoms with van der Waals surface area (Å²) >= 11 is 0. The van der Waals surface area contributed by atoms with Crippen molar-refractivity contribution < 1.29 is 19.3 Å². The van der Waals surface area contributed by atoms with Gasteiger partial charge in [-0.1, -0.05) is 0 Å². The fraction of sp³-hybridized carbons (Fsp3) is 1.00. The maximum absolute atomic E-state index is 8.72. The van der Waals surface area contributed by atoms with Gasteiger partial charge in [-0.05, 0) is 27.7 Å². The van der Waals surface area contributed by atoms with E-state index in [0.29, 0.717) is 13.2 Å². The lowest BCUT2D eigenvalue weighted by molar-refractivity contribution is -0.169. The SMILES string of the molecule is CCOC(C)OC(C)COC(C)CO. The fourth-order valence-corrected chi connectivity index (χ4v) is 0.993. The Morgan fingerprint density at radius 2 is 1.71 bits per heavy atom. The molecule has 0 amide bonds. The van der Waals surface area contributed by atoms with Crippen LogP contribution in [0.25, 0.3) is 0 Å². The summed E-state index contributed by atoms with van der Waals surface area (Å²) in [7, 11) is 0. The molecule has 0 aromatic carbocycles. The summed E-state index contributed by atoms with van der Waals surface area (Å²) in [4.78, 5) is 0. The van der Waals surface area contributed by atoms with E-state index in [2.05, 4.69) is 0 Å². The third kappa shape index (κ3) is 7.26. The molecule has 14 heavy (non-hydrogen) atoms. The van der Waals surface area contributed by atoms with Crippen LogP contribution in [0.3, 0.4) is 0 Å². The molecule has 4 nitrogen and oxygen atoms in total. The Hall–Kier alpha value is -0.160. The van der Waals surface area contributed by atoms with Gasteiger partial charge in [0.2, 0.25) is 0 Å². The standard InChI is InChI=1S/C10H22O4/c1-5-12-10(4)14-9(3)7-13-8(2)6-11/h8-11H,5-7H2,1-4H3. The highest BCUT2D eigenvalue weighted by atomic mass is 16.7. The molecular weight excluding hydrogens is 184 g/mol. The topological polar surface area (TPSA) is 47.9 Å². The maximum atomic E-state index is 8.72. The summed E-state index contributed by atoms with van der Waals surface area (Å²) in [6, 6.07) is 0. The fourth-order valence-electron chi connectivity index (χ4n) is 0.993. The van der Waals surface area contributed by atoms with Gasteiger partial charge >= 0.3 is 0 Å². The summed E-state index contributed by atoms with van der Waals surface area (Å²) < 4.78 is 16.0. The highest BCUT2D eigenvalue weighted by Crippen LogP contribution is 2.01. The molecule has 86 valence electrons. The largest absolute Gasteiger partial charge is 0.394 e. The Kier molecular flexibility index (Phi) is 8.08. The lowest BCUT2D eigenvalue weighted by Gasteiger charge is -2.20. The predicted octanol–water partition coefficient (Wildman–Crippen LogP) is 1.17. The van der Waals surface area contributed by atoms with Crippen molar-refractivity contribution in [3.63, 3.8) is 0 Å². The predicted molar refractivity (Wildman–Crippen MR) is 54.1 cm³/mol. The van der Waals surface area contributed by atoms with Crippen LogP contribution in [0.1, 0.15) is 27.7 Å². The molecule has 0 saturated heterocycles. The summed E-state index contributed by atoms with van der Waals surface area (Å²) in [6.07, 6.45) is -0.364. The molecule has 0 aromatic heterocycles. The molecule has 1 N–H and O–H groups in total. The van der Waals surface area contributed by atoms with E-state index in [-0.39, 0.29) is 25.1 Å². The molecule has 0 fully saturated rings. The van der Waals surface area contributed by atoms with Crippen molar-refractivity contribution in [3.05, 3.63) is 0 Å². The quantitative estimate of drug-likeness (QED) is 0.606. The van der Waals surface area contributed by atoms with Crippen molar-refractivity contribution >= 4 is 0 Å². The highest BCUT2D eigenvalue weighted by Gasteiger charge is 2.09. The molecule has 0 aliphatic rings. The van der Waals surface area contributed by atoms with Crippen molar-refractivity contribution in [1.29, 1.82) is 0 Å². The third-order valence-corrected chi connectivity index (χ3v) is 1.70. The lowest BCUT2D eigenvalue weighted by Crippen LogP contribution is -2.26. The minimum absolute atomic E-state index is 0.0226. The average molecular weight is 206 g/mol. The van der Waals surface area contributed by atoms with E-state index in [0.717, 1.165) is 0 Å². The van der Waals surface area contributed by atoms with Crippen molar-refractivity contribution in [2.75, 3.05) is 19.8 Å². The maximum Gasteiger partial charge on any atom is 0.155 e. The van der Waals surface area contributed by atoms with Crippen molar-refractivity contribution in [2.24, 2.45) is 0 Å². The zero-order valence-electron chi connectivity index (χ0n) is 9.53. The van der Waals surface area contributed by atoms with Gasteiger partial charge in [0.1, 0.15) is 0 Å². The molecule has 3 atom stereocenters. The molecule has 0 radical (unpaired) electrons. The Bertz CT molecular complexity index is 129. The normalized spacial score (nSPS) is 17.8. The number of aliphatic hydroxyl groups excluding tert-OH is 1. The number of aliphatic hydroxyl groups is 1.